The third-order valence-corrected chi connectivity index (χ3v) is 16.7. The second-order valence-electron chi connectivity index (χ2n) is 22.6. The maximum atomic E-state index is 13.0. The van der Waals surface area contributed by atoms with Crippen LogP contribution in [0, 0.1) is 0 Å². The predicted octanol–water partition coefficient (Wildman–Crippen LogP) is -15.5. The molecule has 3 amide bonds. The van der Waals surface area contributed by atoms with E-state index in [0.29, 0.717) is 0 Å². The maximum absolute atomic E-state index is 13.0. The Bertz CT molecular complexity index is 2650. The van der Waals surface area contributed by atoms with Crippen molar-refractivity contribution in [3.05, 3.63) is 0 Å². The van der Waals surface area contributed by atoms with Crippen molar-refractivity contribution in [3.8, 4) is 0 Å². The highest BCUT2D eigenvalue weighted by molar-refractivity contribution is 7.81. The SMILES string of the molecule is CC(=O)NC(CO)C(OC1OC(CO)C(O)C(OS(=O)(=O)O)C1O)C(O)C(O)COC1OC(CO)C(OC2OC(CO)C(O)C(OC3OC(COS(=O)(=O)O)C(O)C(OC4OC(CO)C(O)C(O)C4OC4OC(C)C(O)C(O)C4O)C3NC(C)=O)C2O)C(O)C1NC(C)=O. The first-order valence-electron chi connectivity index (χ1n) is 28.7. The summed E-state index contributed by atoms with van der Waals surface area (Å²) in [6.45, 7) is -4.21. The minimum Gasteiger partial charge on any atom is -0.394 e. The minimum atomic E-state index is -5.45. The van der Waals surface area contributed by atoms with Gasteiger partial charge in [0, 0.05) is 20.8 Å². The van der Waals surface area contributed by atoms with E-state index in [1.54, 1.807) is 0 Å². The van der Waals surface area contributed by atoms with Gasteiger partial charge in [-0.15, -0.1) is 0 Å². The fourth-order valence-corrected chi connectivity index (χ4v) is 11.8. The Morgan fingerprint density at radius 2 is 0.936 bits per heavy atom. The van der Waals surface area contributed by atoms with Crippen LogP contribution in [0.5, 0.6) is 0 Å². The van der Waals surface area contributed by atoms with Crippen LogP contribution in [0.4, 0.5) is 0 Å². The van der Waals surface area contributed by atoms with E-state index in [9.17, 15) is 132 Å². The highest BCUT2D eigenvalue weighted by atomic mass is 32.3. The van der Waals surface area contributed by atoms with Crippen LogP contribution in [0.25, 0.3) is 0 Å². The molecular formula is C48H83N3O41S2. The number of carbonyl (C=O) groups is 3. The van der Waals surface area contributed by atoms with Gasteiger partial charge in [0.2, 0.25) is 17.7 Å². The summed E-state index contributed by atoms with van der Waals surface area (Å²) in [5.41, 5.74) is 0. The van der Waals surface area contributed by atoms with Crippen molar-refractivity contribution in [2.75, 3.05) is 46.2 Å². The number of hydrogen-bond acceptors (Lipinski definition) is 39. The maximum Gasteiger partial charge on any atom is 0.397 e. The van der Waals surface area contributed by atoms with Crippen molar-refractivity contribution in [3.63, 3.8) is 0 Å². The molecule has 0 bridgehead atoms. The quantitative estimate of drug-likeness (QED) is 0.0309. The summed E-state index contributed by atoms with van der Waals surface area (Å²) in [5.74, 6) is -2.87. The predicted molar refractivity (Wildman–Crippen MR) is 288 cm³/mol. The van der Waals surface area contributed by atoms with E-state index in [2.05, 4.69) is 24.3 Å². The van der Waals surface area contributed by atoms with Crippen LogP contribution in [0.1, 0.15) is 27.7 Å². The zero-order valence-corrected chi connectivity index (χ0v) is 51.5. The molecule has 6 heterocycles. The number of aliphatic hydroxyl groups is 18. The number of aliphatic hydroxyl groups excluding tert-OH is 18. The normalized spacial score (nSPS) is 43.0. The van der Waals surface area contributed by atoms with Crippen molar-refractivity contribution in [1.82, 2.24) is 16.0 Å². The van der Waals surface area contributed by atoms with Crippen molar-refractivity contribution in [2.24, 2.45) is 0 Å². The fraction of sp³-hybridized carbons (Fsp3) is 0.938. The average Bonchev–Trinajstić information content (AvgIpc) is 0.778. The Balaban J connectivity index is 1.26. The van der Waals surface area contributed by atoms with E-state index in [-0.39, 0.29) is 0 Å². The van der Waals surface area contributed by atoms with Gasteiger partial charge in [0.1, 0.15) is 159 Å². The fourth-order valence-electron chi connectivity index (χ4n) is 11.0. The first kappa shape index (κ1) is 79.9. The molecule has 23 N–H and O–H groups in total. The van der Waals surface area contributed by atoms with E-state index in [0.717, 1.165) is 20.8 Å². The summed E-state index contributed by atoms with van der Waals surface area (Å²) in [6.07, 6.45) is -65.5. The zero-order chi connectivity index (χ0) is 70.3. The first-order valence-corrected chi connectivity index (χ1v) is 31.4. The average molecular weight is 1420 g/mol. The third-order valence-electron chi connectivity index (χ3n) is 15.8. The lowest BCUT2D eigenvalue weighted by Crippen LogP contribution is -2.71. The van der Waals surface area contributed by atoms with Gasteiger partial charge in [0.25, 0.3) is 0 Å². The summed E-state index contributed by atoms with van der Waals surface area (Å²) >= 11 is 0. The Morgan fingerprint density at radius 3 is 1.49 bits per heavy atom. The Morgan fingerprint density at radius 1 is 0.457 bits per heavy atom. The molecule has 0 spiro atoms. The molecule has 0 aromatic heterocycles. The van der Waals surface area contributed by atoms with Crippen molar-refractivity contribution >= 4 is 38.5 Å². The van der Waals surface area contributed by atoms with E-state index in [4.69, 9.17) is 56.8 Å². The van der Waals surface area contributed by atoms with Crippen LogP contribution in [-0.4, -0.2) is 390 Å². The molecule has 46 heteroatoms. The molecule has 0 aromatic rings. The molecule has 0 aromatic carbocycles. The van der Waals surface area contributed by atoms with Gasteiger partial charge in [-0.1, -0.05) is 0 Å². The molecule has 0 saturated carbocycles. The topological polar surface area (TPSA) is 689 Å². The number of rotatable bonds is 29. The molecular weight excluding hydrogens is 1340 g/mol. The van der Waals surface area contributed by atoms with Crippen LogP contribution in [0.15, 0.2) is 0 Å². The smallest absolute Gasteiger partial charge is 0.394 e. The molecule has 6 aliphatic heterocycles. The molecule has 34 unspecified atom stereocenters. The van der Waals surface area contributed by atoms with E-state index in [1.165, 1.54) is 6.92 Å². The van der Waals surface area contributed by atoms with Crippen LogP contribution < -0.4 is 16.0 Å². The summed E-state index contributed by atoms with van der Waals surface area (Å²) in [7, 11) is -10.9. The minimum absolute atomic E-state index is 0.889. The van der Waals surface area contributed by atoms with Crippen LogP contribution >= 0.6 is 0 Å². The molecule has 6 fully saturated rings. The lowest BCUT2D eigenvalue weighted by atomic mass is 9.94. The van der Waals surface area contributed by atoms with Crippen molar-refractivity contribution in [1.29, 1.82) is 0 Å². The standard InChI is InChI=1S/C48H83N3O41S2/c1-12-25(61)32(68)34(70)45(81-12)91-42-33(69)27(63)18(6-53)84-48(42)89-39-24(51-15(4)59)44(86-22(30(39)66)11-80-93(73,74)75)90-40-28(64)19(7-54)82-46(35(40)71)88-38-21(9-56)85-43(23(31(38)67)50-14(3)58)79-10-17(60)26(62)37(16(5-52)49-13(2)57)87-47-36(72)41(92-94(76,77)78)29(65)20(8-55)83-47/h12,16-48,52-56,60-72H,5-11H2,1-4H3,(H,49,57)(H,50,58)(H,51,59)(H,73,74,75)(H,76,77,78). The number of carbonyl (C=O) groups excluding carboxylic acids is 3. The molecule has 6 aliphatic rings. The highest BCUT2D eigenvalue weighted by Gasteiger charge is 2.59. The lowest BCUT2D eigenvalue weighted by molar-refractivity contribution is -0.389. The zero-order valence-electron chi connectivity index (χ0n) is 49.9. The van der Waals surface area contributed by atoms with Gasteiger partial charge in [-0.2, -0.15) is 16.8 Å². The van der Waals surface area contributed by atoms with Gasteiger partial charge < -0.3 is 165 Å². The summed E-state index contributed by atoms with van der Waals surface area (Å²) in [6, 6.07) is -5.70. The van der Waals surface area contributed by atoms with Gasteiger partial charge in [-0.3, -0.25) is 23.5 Å². The number of nitrogens with one attached hydrogen (secondary N) is 3. The number of amides is 3. The molecule has 44 nitrogen and oxygen atoms in total. The first-order chi connectivity index (χ1) is 43.9. The number of ether oxygens (including phenoxy) is 12. The highest BCUT2D eigenvalue weighted by Crippen LogP contribution is 2.37. The van der Waals surface area contributed by atoms with Crippen LogP contribution in [0.2, 0.25) is 0 Å². The Hall–Kier alpha value is -3.05. The summed E-state index contributed by atoms with van der Waals surface area (Å²) < 4.78 is 144. The second kappa shape index (κ2) is 34.3. The Labute approximate surface area is 533 Å². The van der Waals surface area contributed by atoms with E-state index >= 15 is 0 Å². The molecule has 548 valence electrons. The van der Waals surface area contributed by atoms with E-state index < -0.39 is 293 Å². The Kier molecular flexibility index (Phi) is 29.2. The molecule has 0 aliphatic carbocycles. The molecule has 34 atom stereocenters. The third kappa shape index (κ3) is 19.7. The molecule has 6 rings (SSSR count). The van der Waals surface area contributed by atoms with Crippen molar-refractivity contribution in [2.45, 2.75) is 236 Å². The number of hydrogen-bond donors (Lipinski definition) is 23. The summed E-state index contributed by atoms with van der Waals surface area (Å²) in [5, 5.41) is 204. The van der Waals surface area contributed by atoms with Crippen LogP contribution in [-0.2, 0) is 100 Å². The lowest BCUT2D eigenvalue weighted by Gasteiger charge is -2.51. The van der Waals surface area contributed by atoms with Gasteiger partial charge in [-0.05, 0) is 6.92 Å². The molecule has 94 heavy (non-hydrogen) atoms. The van der Waals surface area contributed by atoms with Gasteiger partial charge in [0.05, 0.1) is 58.4 Å². The van der Waals surface area contributed by atoms with Gasteiger partial charge in [-0.25, -0.2) is 8.37 Å². The van der Waals surface area contributed by atoms with Crippen molar-refractivity contribution < 1.29 is 197 Å². The molecule has 0 radical (unpaired) electrons. The van der Waals surface area contributed by atoms with Gasteiger partial charge >= 0.3 is 20.8 Å². The second-order valence-corrected chi connectivity index (χ2v) is 24.7. The largest absolute Gasteiger partial charge is 0.397 e. The van der Waals surface area contributed by atoms with E-state index in [1.807, 2.05) is 0 Å². The molecule has 6 saturated heterocycles. The monoisotopic (exact) mass is 1420 g/mol. The summed E-state index contributed by atoms with van der Waals surface area (Å²) in [4.78, 5) is 37.9. The van der Waals surface area contributed by atoms with Gasteiger partial charge in [0.15, 0.2) is 37.7 Å². The van der Waals surface area contributed by atoms with Crippen LogP contribution in [0.3, 0.4) is 0 Å².